The first-order valence-corrected chi connectivity index (χ1v) is 9.61. The van der Waals surface area contributed by atoms with Crippen molar-refractivity contribution < 1.29 is 14.7 Å². The molecule has 144 valence electrons. The fraction of sp³-hybridized carbons (Fsp3) is 0.318. The van der Waals surface area contributed by atoms with Crippen LogP contribution in [0.4, 0.5) is 0 Å². The summed E-state index contributed by atoms with van der Waals surface area (Å²) in [6.07, 6.45) is 3.30. The van der Waals surface area contributed by atoms with Crippen LogP contribution in [0.5, 0.6) is 0 Å². The number of fused-ring (bicyclic) bond motifs is 1. The van der Waals surface area contributed by atoms with Gasteiger partial charge in [0.05, 0.1) is 24.0 Å². The zero-order chi connectivity index (χ0) is 19.5. The lowest BCUT2D eigenvalue weighted by molar-refractivity contribution is 0.0637. The molecule has 1 N–H and O–H groups in total. The highest BCUT2D eigenvalue weighted by atomic mass is 16.3. The van der Waals surface area contributed by atoms with Crippen LogP contribution >= 0.6 is 0 Å². The van der Waals surface area contributed by atoms with Gasteiger partial charge in [0.25, 0.3) is 5.91 Å². The average molecular weight is 377 g/mol. The van der Waals surface area contributed by atoms with E-state index in [9.17, 15) is 9.59 Å². The summed E-state index contributed by atoms with van der Waals surface area (Å²) in [6, 6.07) is 14.7. The average Bonchev–Trinajstić information content (AvgIpc) is 3.16. The van der Waals surface area contributed by atoms with Gasteiger partial charge >= 0.3 is 0 Å². The lowest BCUT2D eigenvalue weighted by Gasteiger charge is -2.32. The Hall–Kier alpha value is -2.99. The van der Waals surface area contributed by atoms with Gasteiger partial charge in [-0.15, -0.1) is 0 Å². The molecule has 1 atom stereocenters. The summed E-state index contributed by atoms with van der Waals surface area (Å²) < 4.78 is 1.86. The molecule has 1 amide bonds. The predicted molar refractivity (Wildman–Crippen MR) is 106 cm³/mol. The first-order chi connectivity index (χ1) is 13.7. The molecule has 1 saturated heterocycles. The molecular weight excluding hydrogens is 354 g/mol. The molecule has 0 radical (unpaired) electrons. The van der Waals surface area contributed by atoms with Crippen LogP contribution in [-0.2, 0) is 6.54 Å². The first-order valence-electron chi connectivity index (χ1n) is 9.61. The number of aliphatic hydroxyl groups excluding tert-OH is 1. The van der Waals surface area contributed by atoms with Crippen molar-refractivity contribution in [3.63, 3.8) is 0 Å². The summed E-state index contributed by atoms with van der Waals surface area (Å²) in [5, 5.41) is 9.13. The maximum Gasteiger partial charge on any atom is 0.253 e. The summed E-state index contributed by atoms with van der Waals surface area (Å²) in [5.74, 6) is -0.118. The third-order valence-electron chi connectivity index (χ3n) is 5.35. The Labute approximate surface area is 163 Å². The minimum atomic E-state index is -0.160. The molecule has 28 heavy (non-hydrogen) atoms. The molecular formula is C22H23N3O3. The maximum absolute atomic E-state index is 13.0. The molecule has 2 aromatic carbocycles. The van der Waals surface area contributed by atoms with Crippen molar-refractivity contribution in [3.8, 4) is 0 Å². The summed E-state index contributed by atoms with van der Waals surface area (Å²) >= 11 is 0. The Kier molecular flexibility index (Phi) is 5.21. The van der Waals surface area contributed by atoms with Gasteiger partial charge in [0.1, 0.15) is 0 Å². The van der Waals surface area contributed by atoms with E-state index in [4.69, 9.17) is 5.11 Å². The van der Waals surface area contributed by atoms with Gasteiger partial charge in [-0.1, -0.05) is 30.3 Å². The summed E-state index contributed by atoms with van der Waals surface area (Å²) in [5.41, 5.74) is 2.90. The predicted octanol–water partition coefficient (Wildman–Crippen LogP) is 2.76. The van der Waals surface area contributed by atoms with Gasteiger partial charge in [-0.2, -0.15) is 0 Å². The number of imidazole rings is 1. The molecule has 2 heterocycles. The molecule has 0 spiro atoms. The van der Waals surface area contributed by atoms with E-state index in [1.807, 2.05) is 41.0 Å². The normalized spacial score (nSPS) is 17.0. The summed E-state index contributed by atoms with van der Waals surface area (Å²) in [6.45, 7) is 1.62. The van der Waals surface area contributed by atoms with Crippen LogP contribution in [0.15, 0.2) is 54.9 Å². The Morgan fingerprint density at radius 1 is 1.11 bits per heavy atom. The van der Waals surface area contributed by atoms with Crippen LogP contribution in [0.3, 0.4) is 0 Å². The number of hydrogen-bond donors (Lipinski definition) is 1. The first kappa shape index (κ1) is 18.4. The number of aliphatic hydroxyl groups is 1. The van der Waals surface area contributed by atoms with E-state index in [1.54, 1.807) is 23.4 Å². The quantitative estimate of drug-likeness (QED) is 0.694. The molecule has 1 aliphatic rings. The number of Topliss-reactive ketones (excluding diaryl/α,β-unsaturated/α-hetero) is 1. The molecule has 6 nitrogen and oxygen atoms in total. The van der Waals surface area contributed by atoms with Gasteiger partial charge in [-0.3, -0.25) is 9.59 Å². The summed E-state index contributed by atoms with van der Waals surface area (Å²) in [7, 11) is 0. The number of benzene rings is 2. The smallest absolute Gasteiger partial charge is 0.253 e. The van der Waals surface area contributed by atoms with E-state index in [2.05, 4.69) is 4.98 Å². The zero-order valence-corrected chi connectivity index (χ0v) is 15.6. The minimum Gasteiger partial charge on any atom is -0.395 e. The van der Waals surface area contributed by atoms with Crippen LogP contribution in [0.2, 0.25) is 0 Å². The van der Waals surface area contributed by atoms with Crippen molar-refractivity contribution in [1.82, 2.24) is 14.5 Å². The van der Waals surface area contributed by atoms with Gasteiger partial charge in [0, 0.05) is 36.7 Å². The van der Waals surface area contributed by atoms with Crippen molar-refractivity contribution in [1.29, 1.82) is 0 Å². The SMILES string of the molecule is O=C(c1ccccc1)[C@H]1CCCN(C(=O)c2ccc3c(c2)ncn3CCO)C1. The fourth-order valence-corrected chi connectivity index (χ4v) is 3.88. The van der Waals surface area contributed by atoms with E-state index >= 15 is 0 Å². The number of hydrogen-bond acceptors (Lipinski definition) is 4. The lowest BCUT2D eigenvalue weighted by atomic mass is 9.89. The number of likely N-dealkylation sites (tertiary alicyclic amines) is 1. The lowest BCUT2D eigenvalue weighted by Crippen LogP contribution is -2.42. The number of ketones is 1. The zero-order valence-electron chi connectivity index (χ0n) is 15.6. The van der Waals surface area contributed by atoms with E-state index in [-0.39, 0.29) is 24.2 Å². The highest BCUT2D eigenvalue weighted by Crippen LogP contribution is 2.23. The third kappa shape index (κ3) is 3.55. The highest BCUT2D eigenvalue weighted by Gasteiger charge is 2.29. The van der Waals surface area contributed by atoms with Gasteiger partial charge in [-0.25, -0.2) is 4.98 Å². The Morgan fingerprint density at radius 3 is 2.71 bits per heavy atom. The van der Waals surface area contributed by atoms with Crippen LogP contribution in [0, 0.1) is 5.92 Å². The number of piperidine rings is 1. The monoisotopic (exact) mass is 377 g/mol. The van der Waals surface area contributed by atoms with E-state index in [0.29, 0.717) is 30.8 Å². The molecule has 3 aromatic rings. The van der Waals surface area contributed by atoms with Gasteiger partial charge in [-0.05, 0) is 31.0 Å². The van der Waals surface area contributed by atoms with Crippen molar-refractivity contribution >= 4 is 22.7 Å². The molecule has 4 rings (SSSR count). The Balaban J connectivity index is 1.51. The van der Waals surface area contributed by atoms with Crippen molar-refractivity contribution in [2.24, 2.45) is 5.92 Å². The van der Waals surface area contributed by atoms with E-state index in [1.165, 1.54) is 0 Å². The molecule has 1 aromatic heterocycles. The second kappa shape index (κ2) is 7.94. The fourth-order valence-electron chi connectivity index (χ4n) is 3.88. The second-order valence-corrected chi connectivity index (χ2v) is 7.19. The number of amides is 1. The molecule has 0 unspecified atom stereocenters. The van der Waals surface area contributed by atoms with Crippen LogP contribution in [0.25, 0.3) is 11.0 Å². The standard InChI is InChI=1S/C22H23N3O3/c26-12-11-25-15-23-19-13-17(8-9-20(19)25)22(28)24-10-4-7-18(14-24)21(27)16-5-2-1-3-6-16/h1-3,5-6,8-9,13,15,18,26H,4,7,10-12,14H2/t18-/m0/s1. The summed E-state index contributed by atoms with van der Waals surface area (Å²) in [4.78, 5) is 31.9. The van der Waals surface area contributed by atoms with Crippen molar-refractivity contribution in [2.75, 3.05) is 19.7 Å². The molecule has 1 fully saturated rings. The number of carbonyl (C=O) groups is 2. The van der Waals surface area contributed by atoms with Gasteiger partial charge < -0.3 is 14.6 Å². The van der Waals surface area contributed by atoms with Crippen molar-refractivity contribution in [3.05, 3.63) is 66.0 Å². The van der Waals surface area contributed by atoms with Crippen LogP contribution in [0.1, 0.15) is 33.6 Å². The third-order valence-corrected chi connectivity index (χ3v) is 5.35. The van der Waals surface area contributed by atoms with Crippen LogP contribution < -0.4 is 0 Å². The molecule has 6 heteroatoms. The minimum absolute atomic E-state index is 0.0384. The molecule has 0 aliphatic carbocycles. The topological polar surface area (TPSA) is 75.4 Å². The largest absolute Gasteiger partial charge is 0.395 e. The van der Waals surface area contributed by atoms with Gasteiger partial charge in [0.15, 0.2) is 5.78 Å². The number of aromatic nitrogens is 2. The van der Waals surface area contributed by atoms with Crippen LogP contribution in [-0.4, -0.2) is 50.9 Å². The molecule has 0 saturated carbocycles. The maximum atomic E-state index is 13.0. The Morgan fingerprint density at radius 2 is 1.93 bits per heavy atom. The number of carbonyl (C=O) groups excluding carboxylic acids is 2. The highest BCUT2D eigenvalue weighted by molar-refractivity contribution is 6.00. The Bertz CT molecular complexity index is 997. The number of rotatable bonds is 5. The molecule has 1 aliphatic heterocycles. The molecule has 0 bridgehead atoms. The van der Waals surface area contributed by atoms with E-state index < -0.39 is 0 Å². The van der Waals surface area contributed by atoms with Crippen molar-refractivity contribution in [2.45, 2.75) is 19.4 Å². The number of nitrogens with zero attached hydrogens (tertiary/aromatic N) is 3. The van der Waals surface area contributed by atoms with E-state index in [0.717, 1.165) is 23.9 Å². The second-order valence-electron chi connectivity index (χ2n) is 7.19. The van der Waals surface area contributed by atoms with Gasteiger partial charge in [0.2, 0.25) is 0 Å².